The maximum absolute atomic E-state index is 4.02. The molecule has 0 heterocycles. The van der Waals surface area contributed by atoms with E-state index in [4.69, 9.17) is 0 Å². The average molecular weight is 286 g/mol. The molecule has 0 amide bonds. The Kier molecular flexibility index (Phi) is 6.10. The molecule has 0 N–H and O–H groups in total. The smallest absolute Gasteiger partial charge is 0.127 e. The first-order valence-corrected chi connectivity index (χ1v) is 13.5. The van der Waals surface area contributed by atoms with E-state index in [2.05, 4.69) is 77.7 Å². The van der Waals surface area contributed by atoms with Crippen LogP contribution in [0.25, 0.3) is 0 Å². The third-order valence-electron chi connectivity index (χ3n) is 4.73. The first-order valence-electron chi connectivity index (χ1n) is 7.25. The van der Waals surface area contributed by atoms with E-state index in [1.807, 2.05) is 0 Å². The van der Waals surface area contributed by atoms with E-state index in [-0.39, 0.29) is 0 Å². The molecule has 0 aliphatic rings. The highest BCUT2D eigenvalue weighted by molar-refractivity contribution is 6.82. The molecule has 0 radical (unpaired) electrons. The summed E-state index contributed by atoms with van der Waals surface area (Å²) in [4.78, 5) is 0. The summed E-state index contributed by atoms with van der Waals surface area (Å²) < 4.78 is 2.81. The lowest BCUT2D eigenvalue weighted by molar-refractivity contribution is 0.349. The van der Waals surface area contributed by atoms with Gasteiger partial charge in [0.2, 0.25) is 0 Å². The monoisotopic (exact) mass is 285 g/mol. The molecule has 0 bridgehead atoms. The van der Waals surface area contributed by atoms with E-state index in [0.717, 1.165) is 0 Å². The Morgan fingerprint density at radius 2 is 1.56 bits per heavy atom. The molecule has 0 atom stereocenters. The van der Waals surface area contributed by atoms with Crippen molar-refractivity contribution in [2.75, 3.05) is 6.54 Å². The van der Waals surface area contributed by atoms with Crippen LogP contribution in [0.1, 0.15) is 34.6 Å². The molecule has 0 saturated heterocycles. The van der Waals surface area contributed by atoms with Gasteiger partial charge in [0.1, 0.15) is 8.24 Å². The second-order valence-electron chi connectivity index (χ2n) is 8.04. The van der Waals surface area contributed by atoms with Gasteiger partial charge in [0, 0.05) is 0 Å². The summed E-state index contributed by atoms with van der Waals surface area (Å²) in [7, 11) is -2.57. The quantitative estimate of drug-likeness (QED) is 0.611. The Labute approximate surface area is 118 Å². The van der Waals surface area contributed by atoms with Crippen LogP contribution < -0.4 is 0 Å². The van der Waals surface area contributed by atoms with Crippen molar-refractivity contribution in [3.8, 4) is 0 Å². The van der Waals surface area contributed by atoms with Crippen LogP contribution in [0.4, 0.5) is 0 Å². The normalized spacial score (nSPS) is 14.4. The summed E-state index contributed by atoms with van der Waals surface area (Å²) in [5.41, 5.74) is 2.23. The Balaban J connectivity index is 4.95. The summed E-state index contributed by atoms with van der Waals surface area (Å²) >= 11 is 0. The van der Waals surface area contributed by atoms with Gasteiger partial charge in [-0.3, -0.25) is 0 Å². The minimum absolute atomic E-state index is 0.428. The van der Waals surface area contributed by atoms with Crippen molar-refractivity contribution >= 4 is 16.3 Å². The highest BCUT2D eigenvalue weighted by Crippen LogP contribution is 2.39. The summed E-state index contributed by atoms with van der Waals surface area (Å²) in [5.74, 6) is 0. The molecule has 0 fully saturated rings. The number of nitrogens with zero attached hydrogens (tertiary/aromatic N) is 1. The van der Waals surface area contributed by atoms with Gasteiger partial charge < -0.3 is 4.57 Å². The molecule has 18 heavy (non-hydrogen) atoms. The predicted octanol–water partition coefficient (Wildman–Crippen LogP) is 5.14. The molecule has 108 valence electrons. The second kappa shape index (κ2) is 6.06. The zero-order valence-corrected chi connectivity index (χ0v) is 16.2. The highest BCUT2D eigenvalue weighted by Gasteiger charge is 2.42. The van der Waals surface area contributed by atoms with Crippen LogP contribution in [0, 0.1) is 0 Å². The molecule has 0 aliphatic heterocycles. The lowest BCUT2D eigenvalue weighted by Gasteiger charge is -2.48. The van der Waals surface area contributed by atoms with Gasteiger partial charge in [-0.25, -0.2) is 0 Å². The Morgan fingerprint density at radius 3 is 1.83 bits per heavy atom. The van der Waals surface area contributed by atoms with Gasteiger partial charge in [-0.15, -0.1) is 12.3 Å². The van der Waals surface area contributed by atoms with Crippen LogP contribution in [-0.2, 0) is 0 Å². The first-order chi connectivity index (χ1) is 7.85. The van der Waals surface area contributed by atoms with E-state index < -0.39 is 16.3 Å². The fourth-order valence-electron chi connectivity index (χ4n) is 2.12. The molecule has 0 aromatic carbocycles. The summed E-state index contributed by atoms with van der Waals surface area (Å²) in [6.07, 6.45) is 0. The number of hydrogen-bond donors (Lipinski definition) is 0. The third kappa shape index (κ3) is 4.67. The van der Waals surface area contributed by atoms with E-state index in [1.165, 1.54) is 12.6 Å². The van der Waals surface area contributed by atoms with Gasteiger partial charge in [0.15, 0.2) is 0 Å². The van der Waals surface area contributed by atoms with E-state index in [0.29, 0.717) is 11.1 Å². The van der Waals surface area contributed by atoms with Gasteiger partial charge in [-0.05, 0) is 23.7 Å². The maximum Gasteiger partial charge on any atom is 0.127 e. The fraction of sp³-hybridized carbons (Fsp3) is 0.867. The average Bonchev–Trinajstić information content (AvgIpc) is 2.15. The molecule has 0 saturated carbocycles. The molecule has 0 aliphatic carbocycles. The van der Waals surface area contributed by atoms with Crippen LogP contribution >= 0.6 is 0 Å². The summed E-state index contributed by atoms with van der Waals surface area (Å²) in [6, 6.07) is 1.99. The van der Waals surface area contributed by atoms with Gasteiger partial charge >= 0.3 is 0 Å². The molecular formula is C15H35NSi2. The maximum atomic E-state index is 4.02. The van der Waals surface area contributed by atoms with Crippen LogP contribution in [0.3, 0.4) is 0 Å². The molecule has 0 unspecified atom stereocenters. The SMILES string of the molecule is C=C[Si](C)(C)CCN(C(C)C)[Si](C)(C)C(C)(C)C. The minimum Gasteiger partial charge on any atom is -0.321 e. The topological polar surface area (TPSA) is 3.24 Å². The Morgan fingerprint density at radius 1 is 1.11 bits per heavy atom. The Hall–Kier alpha value is 0.134. The van der Waals surface area contributed by atoms with E-state index >= 15 is 0 Å². The highest BCUT2D eigenvalue weighted by atomic mass is 28.3. The predicted molar refractivity (Wildman–Crippen MR) is 91.5 cm³/mol. The molecule has 3 heteroatoms. The van der Waals surface area contributed by atoms with Gasteiger partial charge in [-0.2, -0.15) is 0 Å². The molecule has 0 spiro atoms. The molecule has 1 nitrogen and oxygen atoms in total. The number of rotatable bonds is 6. The first kappa shape index (κ1) is 18.1. The van der Waals surface area contributed by atoms with Crippen molar-refractivity contribution < 1.29 is 0 Å². The van der Waals surface area contributed by atoms with Crippen LogP contribution in [-0.4, -0.2) is 33.5 Å². The summed E-state index contributed by atoms with van der Waals surface area (Å²) in [6.45, 7) is 27.1. The van der Waals surface area contributed by atoms with E-state index in [1.54, 1.807) is 0 Å². The third-order valence-corrected chi connectivity index (χ3v) is 13.2. The van der Waals surface area contributed by atoms with Crippen molar-refractivity contribution in [1.82, 2.24) is 4.57 Å². The van der Waals surface area contributed by atoms with Crippen LogP contribution in [0.15, 0.2) is 12.3 Å². The van der Waals surface area contributed by atoms with Gasteiger partial charge in [0.05, 0.1) is 8.07 Å². The standard InChI is InChI=1S/C15H35NSi2/c1-11-17(7,8)13-12-16(14(2)3)18(9,10)15(4,5)6/h11,14H,1,12-13H2,2-10H3. The zero-order valence-electron chi connectivity index (χ0n) is 14.2. The Bertz CT molecular complexity index is 275. The largest absolute Gasteiger partial charge is 0.321 e. The van der Waals surface area contributed by atoms with Crippen molar-refractivity contribution in [1.29, 1.82) is 0 Å². The van der Waals surface area contributed by atoms with Crippen LogP contribution in [0.2, 0.25) is 37.3 Å². The molecule has 0 aromatic rings. The summed E-state index contributed by atoms with van der Waals surface area (Å²) in [5, 5.41) is 0.428. The van der Waals surface area contributed by atoms with Crippen molar-refractivity contribution in [2.45, 2.75) is 77.9 Å². The van der Waals surface area contributed by atoms with Gasteiger partial charge in [-0.1, -0.05) is 60.8 Å². The van der Waals surface area contributed by atoms with Crippen molar-refractivity contribution in [3.05, 3.63) is 12.3 Å². The van der Waals surface area contributed by atoms with Crippen molar-refractivity contribution in [3.63, 3.8) is 0 Å². The molecule has 0 rings (SSSR count). The van der Waals surface area contributed by atoms with Crippen molar-refractivity contribution in [2.24, 2.45) is 0 Å². The van der Waals surface area contributed by atoms with E-state index in [9.17, 15) is 0 Å². The minimum atomic E-state index is -1.39. The molecular weight excluding hydrogens is 250 g/mol. The van der Waals surface area contributed by atoms with Gasteiger partial charge in [0.25, 0.3) is 0 Å². The lowest BCUT2D eigenvalue weighted by Crippen LogP contribution is -2.58. The molecule has 0 aromatic heterocycles. The second-order valence-corrected chi connectivity index (χ2v) is 18.1. The number of hydrogen-bond acceptors (Lipinski definition) is 1. The fourth-order valence-corrected chi connectivity index (χ4v) is 6.19. The lowest BCUT2D eigenvalue weighted by atomic mass is 10.2. The van der Waals surface area contributed by atoms with Crippen LogP contribution in [0.5, 0.6) is 0 Å². The zero-order chi connectivity index (χ0) is 14.8.